The van der Waals surface area contributed by atoms with Gasteiger partial charge in [-0.1, -0.05) is 6.92 Å². The lowest BCUT2D eigenvalue weighted by atomic mass is 10.3. The standard InChI is InChI=1S/C11H25NO2S/c1-11(15-3)5-7-12-6-4-8-14-10-9-13-2/h11-12H,4-10H2,1-3H3. The summed E-state index contributed by atoms with van der Waals surface area (Å²) in [7, 11) is 1.69. The molecule has 0 fully saturated rings. The van der Waals surface area contributed by atoms with Crippen LogP contribution in [0.5, 0.6) is 0 Å². The van der Waals surface area contributed by atoms with Gasteiger partial charge in [0.2, 0.25) is 0 Å². The Morgan fingerprint density at radius 1 is 1.20 bits per heavy atom. The van der Waals surface area contributed by atoms with Gasteiger partial charge in [0, 0.05) is 19.0 Å². The van der Waals surface area contributed by atoms with Gasteiger partial charge in [0.1, 0.15) is 0 Å². The summed E-state index contributed by atoms with van der Waals surface area (Å²) in [6.45, 7) is 6.65. The largest absolute Gasteiger partial charge is 0.382 e. The minimum Gasteiger partial charge on any atom is -0.382 e. The Balaban J connectivity index is 2.92. The van der Waals surface area contributed by atoms with Gasteiger partial charge in [0.05, 0.1) is 13.2 Å². The van der Waals surface area contributed by atoms with Gasteiger partial charge in [0.15, 0.2) is 0 Å². The van der Waals surface area contributed by atoms with Crippen molar-refractivity contribution in [3.05, 3.63) is 0 Å². The first-order valence-corrected chi connectivity index (χ1v) is 6.90. The lowest BCUT2D eigenvalue weighted by Crippen LogP contribution is -2.20. The number of nitrogens with one attached hydrogen (secondary N) is 1. The van der Waals surface area contributed by atoms with Crippen LogP contribution < -0.4 is 5.32 Å². The van der Waals surface area contributed by atoms with Crippen molar-refractivity contribution in [2.75, 3.05) is 46.3 Å². The average Bonchev–Trinajstić information content (AvgIpc) is 2.26. The van der Waals surface area contributed by atoms with Crippen molar-refractivity contribution in [3.63, 3.8) is 0 Å². The Kier molecular flexibility index (Phi) is 12.5. The molecule has 3 nitrogen and oxygen atoms in total. The molecule has 0 aromatic heterocycles. The smallest absolute Gasteiger partial charge is 0.0700 e. The van der Waals surface area contributed by atoms with Gasteiger partial charge in [-0.2, -0.15) is 11.8 Å². The highest BCUT2D eigenvalue weighted by atomic mass is 32.2. The van der Waals surface area contributed by atoms with Crippen molar-refractivity contribution in [2.24, 2.45) is 0 Å². The molecule has 0 aromatic rings. The van der Waals surface area contributed by atoms with Gasteiger partial charge in [-0.25, -0.2) is 0 Å². The Morgan fingerprint density at radius 3 is 2.67 bits per heavy atom. The first-order chi connectivity index (χ1) is 7.31. The normalized spacial score (nSPS) is 13.0. The predicted octanol–water partition coefficient (Wildman–Crippen LogP) is 1.77. The molecule has 0 amide bonds. The molecule has 0 saturated carbocycles. The summed E-state index contributed by atoms with van der Waals surface area (Å²) in [6.07, 6.45) is 4.48. The third kappa shape index (κ3) is 12.2. The lowest BCUT2D eigenvalue weighted by molar-refractivity contribution is 0.0695. The Bertz CT molecular complexity index is 125. The third-order valence-electron chi connectivity index (χ3n) is 2.20. The fourth-order valence-electron chi connectivity index (χ4n) is 1.09. The van der Waals surface area contributed by atoms with E-state index < -0.39 is 0 Å². The van der Waals surface area contributed by atoms with E-state index >= 15 is 0 Å². The minimum atomic E-state index is 0.693. The molecule has 0 aromatic carbocycles. The van der Waals surface area contributed by atoms with Crippen LogP contribution in [0.15, 0.2) is 0 Å². The zero-order valence-corrected chi connectivity index (χ0v) is 11.1. The highest BCUT2D eigenvalue weighted by Crippen LogP contribution is 2.07. The molecule has 15 heavy (non-hydrogen) atoms. The fraction of sp³-hybridized carbons (Fsp3) is 1.00. The SMILES string of the molecule is COCCOCCCNCCC(C)SC. The minimum absolute atomic E-state index is 0.693. The summed E-state index contributed by atoms with van der Waals surface area (Å²) in [5.41, 5.74) is 0. The molecule has 1 unspecified atom stereocenters. The first kappa shape index (κ1) is 15.2. The molecule has 92 valence electrons. The summed E-state index contributed by atoms with van der Waals surface area (Å²) in [4.78, 5) is 0. The topological polar surface area (TPSA) is 30.5 Å². The molecule has 0 spiro atoms. The fourth-order valence-corrected chi connectivity index (χ4v) is 1.45. The van der Waals surface area contributed by atoms with E-state index in [1.54, 1.807) is 7.11 Å². The van der Waals surface area contributed by atoms with Crippen molar-refractivity contribution in [1.82, 2.24) is 5.32 Å². The van der Waals surface area contributed by atoms with Crippen LogP contribution in [0.3, 0.4) is 0 Å². The molecule has 0 radical (unpaired) electrons. The molecule has 0 saturated heterocycles. The third-order valence-corrected chi connectivity index (χ3v) is 3.24. The summed E-state index contributed by atoms with van der Waals surface area (Å²) >= 11 is 1.92. The van der Waals surface area contributed by atoms with Crippen molar-refractivity contribution in [1.29, 1.82) is 0 Å². The van der Waals surface area contributed by atoms with Gasteiger partial charge < -0.3 is 14.8 Å². The van der Waals surface area contributed by atoms with Gasteiger partial charge in [-0.05, 0) is 32.2 Å². The summed E-state index contributed by atoms with van der Waals surface area (Å²) in [5.74, 6) is 0. The van der Waals surface area contributed by atoms with E-state index in [-0.39, 0.29) is 0 Å². The maximum absolute atomic E-state index is 5.35. The molecule has 1 N–H and O–H groups in total. The maximum Gasteiger partial charge on any atom is 0.0700 e. The van der Waals surface area contributed by atoms with Gasteiger partial charge >= 0.3 is 0 Å². The number of thioether (sulfide) groups is 1. The highest BCUT2D eigenvalue weighted by Gasteiger charge is 1.97. The van der Waals surface area contributed by atoms with Gasteiger partial charge in [-0.3, -0.25) is 0 Å². The van der Waals surface area contributed by atoms with Crippen LogP contribution in [-0.4, -0.2) is 51.5 Å². The van der Waals surface area contributed by atoms with Crippen LogP contribution in [0.25, 0.3) is 0 Å². The predicted molar refractivity (Wildman–Crippen MR) is 67.8 cm³/mol. The lowest BCUT2D eigenvalue weighted by Gasteiger charge is -2.09. The van der Waals surface area contributed by atoms with E-state index in [1.165, 1.54) is 6.42 Å². The van der Waals surface area contributed by atoms with Crippen molar-refractivity contribution in [3.8, 4) is 0 Å². The molecular weight excluding hydrogens is 210 g/mol. The van der Waals surface area contributed by atoms with Crippen LogP contribution in [0.2, 0.25) is 0 Å². The number of hydrogen-bond donors (Lipinski definition) is 1. The Hall–Kier alpha value is 0.230. The van der Waals surface area contributed by atoms with Crippen LogP contribution in [0.4, 0.5) is 0 Å². The number of hydrogen-bond acceptors (Lipinski definition) is 4. The van der Waals surface area contributed by atoms with E-state index in [1.807, 2.05) is 11.8 Å². The second-order valence-corrected chi connectivity index (χ2v) is 4.82. The second-order valence-electron chi connectivity index (χ2n) is 3.54. The molecule has 0 rings (SSSR count). The molecule has 4 heteroatoms. The molecule has 0 aliphatic rings. The van der Waals surface area contributed by atoms with Crippen LogP contribution in [0.1, 0.15) is 19.8 Å². The zero-order valence-electron chi connectivity index (χ0n) is 10.3. The summed E-state index contributed by atoms with van der Waals surface area (Å²) in [5, 5.41) is 4.18. The molecule has 0 heterocycles. The molecular formula is C11H25NO2S. The van der Waals surface area contributed by atoms with E-state index in [0.29, 0.717) is 13.2 Å². The maximum atomic E-state index is 5.35. The quantitative estimate of drug-likeness (QED) is 0.553. The van der Waals surface area contributed by atoms with Crippen molar-refractivity contribution < 1.29 is 9.47 Å². The van der Waals surface area contributed by atoms with Gasteiger partial charge in [-0.15, -0.1) is 0 Å². The molecule has 0 aliphatic heterocycles. The second kappa shape index (κ2) is 12.3. The van der Waals surface area contributed by atoms with Gasteiger partial charge in [0.25, 0.3) is 0 Å². The Morgan fingerprint density at radius 2 is 2.00 bits per heavy atom. The van der Waals surface area contributed by atoms with Crippen molar-refractivity contribution >= 4 is 11.8 Å². The highest BCUT2D eigenvalue weighted by molar-refractivity contribution is 7.99. The molecule has 1 atom stereocenters. The zero-order chi connectivity index (χ0) is 11.4. The van der Waals surface area contributed by atoms with E-state index in [9.17, 15) is 0 Å². The molecule has 0 bridgehead atoms. The first-order valence-electron chi connectivity index (χ1n) is 5.61. The van der Waals surface area contributed by atoms with E-state index in [4.69, 9.17) is 9.47 Å². The number of ether oxygens (including phenoxy) is 2. The van der Waals surface area contributed by atoms with Crippen molar-refractivity contribution in [2.45, 2.75) is 25.0 Å². The molecule has 0 aliphatic carbocycles. The van der Waals surface area contributed by atoms with Crippen LogP contribution in [-0.2, 0) is 9.47 Å². The van der Waals surface area contributed by atoms with E-state index in [0.717, 1.165) is 31.4 Å². The van der Waals surface area contributed by atoms with E-state index in [2.05, 4.69) is 18.5 Å². The Labute approximate surface area is 98.3 Å². The average molecular weight is 235 g/mol. The summed E-state index contributed by atoms with van der Waals surface area (Å²) < 4.78 is 10.2. The van der Waals surface area contributed by atoms with Crippen LogP contribution >= 0.6 is 11.8 Å². The van der Waals surface area contributed by atoms with Crippen LogP contribution in [0, 0.1) is 0 Å². The number of methoxy groups -OCH3 is 1. The number of rotatable bonds is 11. The summed E-state index contributed by atoms with van der Waals surface area (Å²) in [6, 6.07) is 0. The monoisotopic (exact) mass is 235 g/mol.